The smallest absolute Gasteiger partial charge is 0.0808 e. The molecule has 0 fully saturated rings. The highest BCUT2D eigenvalue weighted by Crippen LogP contribution is 2.20. The van der Waals surface area contributed by atoms with Crippen molar-refractivity contribution in [2.24, 2.45) is 0 Å². The molecule has 1 nitrogen and oxygen atoms in total. The molecule has 2 unspecified atom stereocenters. The topological polar surface area (TPSA) is 20.2 Å². The zero-order valence-corrected chi connectivity index (χ0v) is 6.50. The summed E-state index contributed by atoms with van der Waals surface area (Å²) >= 11 is 11.1. The van der Waals surface area contributed by atoms with Gasteiger partial charge in [0.15, 0.2) is 0 Å². The van der Waals surface area contributed by atoms with Crippen molar-refractivity contribution in [3.8, 4) is 0 Å². The zero-order chi connectivity index (χ0) is 6.78. The van der Waals surface area contributed by atoms with Gasteiger partial charge in [0.05, 0.1) is 11.0 Å². The van der Waals surface area contributed by atoms with Gasteiger partial charge < -0.3 is 5.11 Å². The van der Waals surface area contributed by atoms with Gasteiger partial charge in [-0.3, -0.25) is 0 Å². The predicted octanol–water partition coefficient (Wildman–Crippen LogP) is 1.60. The maximum atomic E-state index is 8.86. The van der Waals surface area contributed by atoms with Gasteiger partial charge in [-0.1, -0.05) is 0 Å². The van der Waals surface area contributed by atoms with Crippen LogP contribution in [0.2, 0.25) is 0 Å². The maximum Gasteiger partial charge on any atom is 0.0808 e. The summed E-state index contributed by atoms with van der Waals surface area (Å²) in [6.45, 7) is 3.32. The Balaban J connectivity index is 3.71. The number of hydrogen-bond acceptors (Lipinski definition) is 1. The van der Waals surface area contributed by atoms with Crippen LogP contribution in [0.1, 0.15) is 13.8 Å². The molecule has 0 bridgehead atoms. The van der Waals surface area contributed by atoms with E-state index in [0.717, 1.165) is 0 Å². The molecule has 2 atom stereocenters. The molecule has 0 aromatic rings. The van der Waals surface area contributed by atoms with Gasteiger partial charge in [0.2, 0.25) is 0 Å². The molecule has 0 heterocycles. The normalized spacial score (nSPS) is 22.1. The minimum atomic E-state index is -0.665. The molecule has 0 saturated carbocycles. The van der Waals surface area contributed by atoms with Crippen LogP contribution in [0.5, 0.6) is 0 Å². The Hall–Kier alpha value is 0.540. The number of alkyl halides is 2. The van der Waals surface area contributed by atoms with Crippen molar-refractivity contribution >= 4 is 23.2 Å². The highest BCUT2D eigenvalue weighted by Gasteiger charge is 2.25. The van der Waals surface area contributed by atoms with Crippen molar-refractivity contribution in [2.45, 2.75) is 24.8 Å². The van der Waals surface area contributed by atoms with Crippen molar-refractivity contribution < 1.29 is 5.11 Å². The van der Waals surface area contributed by atoms with Gasteiger partial charge in [0.1, 0.15) is 0 Å². The first kappa shape index (κ1) is 8.54. The SMILES string of the molecule is CC(O)C(C)(Cl)CCl. The molecule has 50 valence electrons. The van der Waals surface area contributed by atoms with Crippen molar-refractivity contribution in [1.82, 2.24) is 0 Å². The van der Waals surface area contributed by atoms with Gasteiger partial charge in [0.25, 0.3) is 0 Å². The van der Waals surface area contributed by atoms with E-state index in [1.807, 2.05) is 0 Å². The molecule has 0 amide bonds. The molecule has 0 radical (unpaired) electrons. The summed E-state index contributed by atoms with van der Waals surface area (Å²) in [5.41, 5.74) is 0. The Labute approximate surface area is 59.6 Å². The fraction of sp³-hybridized carbons (Fsp3) is 1.00. The van der Waals surface area contributed by atoms with E-state index < -0.39 is 11.0 Å². The second-order valence-corrected chi connectivity index (χ2v) is 3.22. The Morgan fingerprint density at radius 3 is 2.12 bits per heavy atom. The van der Waals surface area contributed by atoms with Crippen LogP contribution in [-0.4, -0.2) is 22.0 Å². The minimum absolute atomic E-state index is 0.270. The van der Waals surface area contributed by atoms with E-state index in [1.165, 1.54) is 0 Å². The van der Waals surface area contributed by atoms with Gasteiger partial charge in [0, 0.05) is 5.88 Å². The van der Waals surface area contributed by atoms with Crippen molar-refractivity contribution in [3.63, 3.8) is 0 Å². The highest BCUT2D eigenvalue weighted by atomic mass is 35.5. The Morgan fingerprint density at radius 1 is 1.75 bits per heavy atom. The lowest BCUT2D eigenvalue weighted by Crippen LogP contribution is -2.32. The lowest BCUT2D eigenvalue weighted by atomic mass is 10.1. The fourth-order valence-corrected chi connectivity index (χ4v) is 0.335. The van der Waals surface area contributed by atoms with Crippen LogP contribution in [0.4, 0.5) is 0 Å². The largest absolute Gasteiger partial charge is 0.392 e. The van der Waals surface area contributed by atoms with Gasteiger partial charge in [-0.25, -0.2) is 0 Å². The van der Waals surface area contributed by atoms with Crippen LogP contribution in [0.3, 0.4) is 0 Å². The van der Waals surface area contributed by atoms with Gasteiger partial charge in [-0.15, -0.1) is 23.2 Å². The van der Waals surface area contributed by atoms with E-state index >= 15 is 0 Å². The lowest BCUT2D eigenvalue weighted by molar-refractivity contribution is 0.159. The monoisotopic (exact) mass is 156 g/mol. The summed E-state index contributed by atoms with van der Waals surface area (Å²) in [5, 5.41) is 8.86. The van der Waals surface area contributed by atoms with Crippen molar-refractivity contribution in [2.75, 3.05) is 5.88 Å². The highest BCUT2D eigenvalue weighted by molar-refractivity contribution is 6.30. The number of halogens is 2. The summed E-state index contributed by atoms with van der Waals surface area (Å²) < 4.78 is 0. The molecule has 0 aliphatic carbocycles. The molecule has 0 saturated heterocycles. The third kappa shape index (κ3) is 2.21. The number of aliphatic hydroxyl groups excluding tert-OH is 1. The summed E-state index contributed by atoms with van der Waals surface area (Å²) in [6.07, 6.45) is -0.554. The second-order valence-electron chi connectivity index (χ2n) is 2.09. The molecule has 8 heavy (non-hydrogen) atoms. The van der Waals surface area contributed by atoms with Crippen LogP contribution in [0, 0.1) is 0 Å². The first-order chi connectivity index (χ1) is 3.50. The second kappa shape index (κ2) is 2.90. The molecular weight excluding hydrogens is 147 g/mol. The standard InChI is InChI=1S/C5H10Cl2O/c1-4(8)5(2,7)3-6/h4,8H,3H2,1-2H3. The van der Waals surface area contributed by atoms with Crippen LogP contribution in [-0.2, 0) is 0 Å². The third-order valence-corrected chi connectivity index (χ3v) is 2.27. The molecule has 0 aliphatic rings. The molecule has 0 aliphatic heterocycles. The predicted molar refractivity (Wildman–Crippen MR) is 36.7 cm³/mol. The summed E-state index contributed by atoms with van der Waals surface area (Å²) in [6, 6.07) is 0. The zero-order valence-electron chi connectivity index (χ0n) is 4.99. The fourth-order valence-electron chi connectivity index (χ4n) is 0.112. The van der Waals surface area contributed by atoms with E-state index in [-0.39, 0.29) is 5.88 Å². The van der Waals surface area contributed by atoms with Crippen LogP contribution in [0.15, 0.2) is 0 Å². The maximum absolute atomic E-state index is 8.86. The quantitative estimate of drug-likeness (QED) is 0.603. The first-order valence-corrected chi connectivity index (χ1v) is 3.35. The first-order valence-electron chi connectivity index (χ1n) is 2.43. The van der Waals surface area contributed by atoms with Crippen molar-refractivity contribution in [1.29, 1.82) is 0 Å². The van der Waals surface area contributed by atoms with Crippen LogP contribution < -0.4 is 0 Å². The van der Waals surface area contributed by atoms with Gasteiger partial charge in [-0.05, 0) is 13.8 Å². The number of rotatable bonds is 2. The Morgan fingerprint density at radius 2 is 2.12 bits per heavy atom. The summed E-state index contributed by atoms with van der Waals surface area (Å²) in [4.78, 5) is -0.665. The molecule has 0 aromatic heterocycles. The number of aliphatic hydroxyl groups is 1. The average Bonchev–Trinajstić information content (AvgIpc) is 1.67. The van der Waals surface area contributed by atoms with Gasteiger partial charge in [-0.2, -0.15) is 0 Å². The summed E-state index contributed by atoms with van der Waals surface area (Å²) in [7, 11) is 0. The molecule has 1 N–H and O–H groups in total. The molecule has 3 heteroatoms. The van der Waals surface area contributed by atoms with E-state index in [4.69, 9.17) is 28.3 Å². The number of hydrogen-bond donors (Lipinski definition) is 1. The molecule has 0 spiro atoms. The van der Waals surface area contributed by atoms with Crippen LogP contribution in [0.25, 0.3) is 0 Å². The van der Waals surface area contributed by atoms with E-state index in [9.17, 15) is 0 Å². The Bertz CT molecular complexity index is 70.8. The molecule has 0 rings (SSSR count). The third-order valence-electron chi connectivity index (χ3n) is 1.13. The van der Waals surface area contributed by atoms with Gasteiger partial charge >= 0.3 is 0 Å². The molecule has 0 aromatic carbocycles. The van der Waals surface area contributed by atoms with E-state index in [2.05, 4.69) is 0 Å². The summed E-state index contributed by atoms with van der Waals surface area (Å²) in [5.74, 6) is 0.270. The van der Waals surface area contributed by atoms with E-state index in [0.29, 0.717) is 0 Å². The van der Waals surface area contributed by atoms with Crippen LogP contribution >= 0.6 is 23.2 Å². The lowest BCUT2D eigenvalue weighted by Gasteiger charge is -2.21. The molecular formula is C5H10Cl2O. The minimum Gasteiger partial charge on any atom is -0.392 e. The van der Waals surface area contributed by atoms with Crippen molar-refractivity contribution in [3.05, 3.63) is 0 Å². The Kier molecular flexibility index (Phi) is 3.10. The average molecular weight is 157 g/mol. The van der Waals surface area contributed by atoms with E-state index in [1.54, 1.807) is 13.8 Å².